The molecule has 2 atom stereocenters. The number of hydrogen-bond acceptors (Lipinski definition) is 3. The molecule has 2 unspecified atom stereocenters. The van der Waals surface area contributed by atoms with Gasteiger partial charge in [-0.1, -0.05) is 33.1 Å². The minimum absolute atomic E-state index is 0.239. The summed E-state index contributed by atoms with van der Waals surface area (Å²) in [6.07, 6.45) is 4.76. The van der Waals surface area contributed by atoms with E-state index in [1.54, 1.807) is 0 Å². The maximum atomic E-state index is 10.9. The van der Waals surface area contributed by atoms with Gasteiger partial charge < -0.3 is 14.6 Å². The van der Waals surface area contributed by atoms with E-state index in [0.29, 0.717) is 12.5 Å². The van der Waals surface area contributed by atoms with E-state index in [1.165, 1.54) is 0 Å². The highest BCUT2D eigenvalue weighted by molar-refractivity contribution is 5.72. The van der Waals surface area contributed by atoms with Crippen LogP contribution < -0.4 is 0 Å². The lowest BCUT2D eigenvalue weighted by Gasteiger charge is -2.18. The molecule has 0 radical (unpaired) electrons. The van der Waals surface area contributed by atoms with Crippen LogP contribution in [0.25, 0.3) is 0 Å². The summed E-state index contributed by atoms with van der Waals surface area (Å²) in [4.78, 5) is 21.1. The van der Waals surface area contributed by atoms with E-state index in [-0.39, 0.29) is 12.8 Å². The average molecular weight is 244 g/mol. The lowest BCUT2D eigenvalue weighted by atomic mass is 10.0. The van der Waals surface area contributed by atoms with E-state index >= 15 is 0 Å². The van der Waals surface area contributed by atoms with Gasteiger partial charge in [-0.2, -0.15) is 0 Å². The Morgan fingerprint density at radius 3 is 2.53 bits per heavy atom. The van der Waals surface area contributed by atoms with Gasteiger partial charge in [0.05, 0.1) is 6.61 Å². The van der Waals surface area contributed by atoms with Crippen LogP contribution in [0.2, 0.25) is 0 Å². The van der Waals surface area contributed by atoms with Crippen LogP contribution in [0.5, 0.6) is 0 Å². The number of carboxylic acids is 1. The molecule has 0 heterocycles. The number of carboxylic acid groups (broad SMARTS) is 1. The maximum Gasteiger partial charge on any atom is 0.332 e. The van der Waals surface area contributed by atoms with Crippen LogP contribution in [0, 0.1) is 5.92 Å². The number of unbranched alkanes of at least 4 members (excludes halogenated alkanes) is 1. The van der Waals surface area contributed by atoms with Gasteiger partial charge in [-0.05, 0) is 18.8 Å². The van der Waals surface area contributed by atoms with Crippen molar-refractivity contribution in [2.24, 2.45) is 5.92 Å². The van der Waals surface area contributed by atoms with E-state index in [9.17, 15) is 9.59 Å². The first-order valence-electron chi connectivity index (χ1n) is 6.43. The van der Waals surface area contributed by atoms with Crippen LogP contribution in [0.3, 0.4) is 0 Å². The highest BCUT2D eigenvalue weighted by atomic mass is 16.5. The fraction of sp³-hybridized carbons (Fsp3) is 0.846. The molecule has 100 valence electrons. The second-order valence-corrected chi connectivity index (χ2v) is 4.32. The number of aldehydes is 1. The second-order valence-electron chi connectivity index (χ2n) is 4.32. The van der Waals surface area contributed by atoms with E-state index in [4.69, 9.17) is 9.84 Å². The number of aliphatic carboxylic acids is 1. The van der Waals surface area contributed by atoms with Crippen molar-refractivity contribution in [2.45, 2.75) is 58.5 Å². The number of carbonyl (C=O) groups is 2. The Labute approximate surface area is 103 Å². The fourth-order valence-electron chi connectivity index (χ4n) is 1.65. The van der Waals surface area contributed by atoms with Crippen molar-refractivity contribution in [1.29, 1.82) is 0 Å². The summed E-state index contributed by atoms with van der Waals surface area (Å²) in [6.45, 7) is 4.70. The molecular formula is C13H24O4. The molecule has 0 aromatic carbocycles. The van der Waals surface area contributed by atoms with Gasteiger partial charge in [-0.3, -0.25) is 0 Å². The SMILES string of the molecule is CCCCC(CC)COC(CCC=O)C(=O)O. The lowest BCUT2D eigenvalue weighted by molar-refractivity contribution is -0.151. The van der Waals surface area contributed by atoms with Crippen LogP contribution in [0.1, 0.15) is 52.4 Å². The summed E-state index contributed by atoms with van der Waals surface area (Å²) in [5.41, 5.74) is 0. The van der Waals surface area contributed by atoms with Gasteiger partial charge in [0.25, 0.3) is 0 Å². The van der Waals surface area contributed by atoms with Crippen LogP contribution >= 0.6 is 0 Å². The zero-order valence-electron chi connectivity index (χ0n) is 10.9. The van der Waals surface area contributed by atoms with Gasteiger partial charge in [0.1, 0.15) is 6.29 Å². The fourth-order valence-corrected chi connectivity index (χ4v) is 1.65. The zero-order valence-corrected chi connectivity index (χ0v) is 10.9. The number of rotatable bonds is 11. The Kier molecular flexibility index (Phi) is 9.72. The molecule has 0 aliphatic rings. The third-order valence-electron chi connectivity index (χ3n) is 2.90. The molecule has 17 heavy (non-hydrogen) atoms. The van der Waals surface area contributed by atoms with Crippen molar-refractivity contribution in [3.05, 3.63) is 0 Å². The molecule has 0 spiro atoms. The van der Waals surface area contributed by atoms with Crippen molar-refractivity contribution in [1.82, 2.24) is 0 Å². The standard InChI is InChI=1S/C13H24O4/c1-3-5-7-11(4-2)10-17-12(13(15)16)8-6-9-14/h9,11-12H,3-8,10H2,1-2H3,(H,15,16). The topological polar surface area (TPSA) is 63.6 Å². The van der Waals surface area contributed by atoms with Crippen molar-refractivity contribution in [3.8, 4) is 0 Å². The summed E-state index contributed by atoms with van der Waals surface area (Å²) < 4.78 is 5.40. The third kappa shape index (κ3) is 7.91. The Hall–Kier alpha value is -0.900. The molecule has 0 bridgehead atoms. The minimum Gasteiger partial charge on any atom is -0.479 e. The second kappa shape index (κ2) is 10.3. The first kappa shape index (κ1) is 16.1. The summed E-state index contributed by atoms with van der Waals surface area (Å²) in [5, 5.41) is 8.92. The van der Waals surface area contributed by atoms with Crippen LogP contribution in [-0.4, -0.2) is 30.1 Å². The van der Waals surface area contributed by atoms with Gasteiger partial charge in [0.2, 0.25) is 0 Å². The normalized spacial score (nSPS) is 14.2. The molecular weight excluding hydrogens is 220 g/mol. The molecule has 1 N–H and O–H groups in total. The summed E-state index contributed by atoms with van der Waals surface area (Å²) >= 11 is 0. The van der Waals surface area contributed by atoms with Crippen molar-refractivity contribution >= 4 is 12.3 Å². The number of ether oxygens (including phenoxy) is 1. The van der Waals surface area contributed by atoms with E-state index in [0.717, 1.165) is 32.0 Å². The quantitative estimate of drug-likeness (QED) is 0.567. The van der Waals surface area contributed by atoms with Crippen molar-refractivity contribution < 1.29 is 19.4 Å². The lowest BCUT2D eigenvalue weighted by Crippen LogP contribution is -2.26. The maximum absolute atomic E-state index is 10.9. The van der Waals surface area contributed by atoms with Gasteiger partial charge in [0, 0.05) is 6.42 Å². The molecule has 4 nitrogen and oxygen atoms in total. The van der Waals surface area contributed by atoms with Crippen molar-refractivity contribution in [2.75, 3.05) is 6.61 Å². The highest BCUT2D eigenvalue weighted by Crippen LogP contribution is 2.14. The van der Waals surface area contributed by atoms with Crippen LogP contribution in [-0.2, 0) is 14.3 Å². The van der Waals surface area contributed by atoms with Gasteiger partial charge in [0.15, 0.2) is 6.10 Å². The predicted molar refractivity (Wildman–Crippen MR) is 66.0 cm³/mol. The molecule has 4 heteroatoms. The Balaban J connectivity index is 3.98. The summed E-state index contributed by atoms with van der Waals surface area (Å²) in [6, 6.07) is 0. The van der Waals surface area contributed by atoms with Crippen LogP contribution in [0.15, 0.2) is 0 Å². The predicted octanol–water partition coefficient (Wildman–Crippen LogP) is 2.65. The first-order chi connectivity index (χ1) is 8.15. The van der Waals surface area contributed by atoms with Crippen LogP contribution in [0.4, 0.5) is 0 Å². The first-order valence-corrected chi connectivity index (χ1v) is 6.43. The molecule has 0 saturated carbocycles. The smallest absolute Gasteiger partial charge is 0.332 e. The molecule has 0 fully saturated rings. The summed E-state index contributed by atoms with van der Waals surface area (Å²) in [5.74, 6) is -0.551. The highest BCUT2D eigenvalue weighted by Gasteiger charge is 2.19. The number of carbonyl (C=O) groups excluding carboxylic acids is 1. The molecule has 0 aliphatic heterocycles. The van der Waals surface area contributed by atoms with Gasteiger partial charge >= 0.3 is 5.97 Å². The van der Waals surface area contributed by atoms with E-state index < -0.39 is 12.1 Å². The number of hydrogen-bond donors (Lipinski definition) is 1. The average Bonchev–Trinajstić information content (AvgIpc) is 2.32. The zero-order chi connectivity index (χ0) is 13.1. The van der Waals surface area contributed by atoms with E-state index in [2.05, 4.69) is 13.8 Å². The monoisotopic (exact) mass is 244 g/mol. The Morgan fingerprint density at radius 1 is 1.35 bits per heavy atom. The minimum atomic E-state index is -0.975. The molecule has 0 saturated heterocycles. The Bertz CT molecular complexity index is 215. The van der Waals surface area contributed by atoms with Crippen molar-refractivity contribution in [3.63, 3.8) is 0 Å². The largest absolute Gasteiger partial charge is 0.479 e. The van der Waals surface area contributed by atoms with Gasteiger partial charge in [-0.15, -0.1) is 0 Å². The van der Waals surface area contributed by atoms with E-state index in [1.807, 2.05) is 0 Å². The summed E-state index contributed by atoms with van der Waals surface area (Å²) in [7, 11) is 0. The molecule has 0 aromatic rings. The molecule has 0 aromatic heterocycles. The molecule has 0 aliphatic carbocycles. The third-order valence-corrected chi connectivity index (χ3v) is 2.90. The molecule has 0 rings (SSSR count). The Morgan fingerprint density at radius 2 is 2.06 bits per heavy atom. The van der Waals surface area contributed by atoms with Gasteiger partial charge in [-0.25, -0.2) is 4.79 Å². The molecule has 0 amide bonds.